The average Bonchev–Trinajstić information content (AvgIpc) is 0.918. The van der Waals surface area contributed by atoms with Crippen LogP contribution in [0.25, 0.3) is 0 Å². The average molecular weight is 120 g/mol. The Morgan fingerprint density at radius 1 is 1.40 bits per heavy atom. The molecule has 0 aliphatic heterocycles. The first-order valence-electron chi connectivity index (χ1n) is 0.352. The molecule has 0 unspecified atom stereocenters. The molecule has 5 heavy (non-hydrogen) atoms. The summed E-state index contributed by atoms with van der Waals surface area (Å²) in [6, 6.07) is 0. The summed E-state index contributed by atoms with van der Waals surface area (Å²) in [6.45, 7) is 0. The van der Waals surface area contributed by atoms with E-state index in [4.69, 9.17) is 4.57 Å². The third kappa shape index (κ3) is 344. The van der Waals surface area contributed by atoms with Crippen LogP contribution in [0.4, 0.5) is 0 Å². The molecule has 0 bridgehead atoms. The van der Waals surface area contributed by atoms with Crippen LogP contribution in [0.3, 0.4) is 0 Å². The fourth-order valence-electron chi connectivity index (χ4n) is 0. The second-order valence-electron chi connectivity index (χ2n) is 0.0690. The van der Waals surface area contributed by atoms with Gasteiger partial charge in [-0.05, 0) is 11.2 Å². The zero-order valence-electron chi connectivity index (χ0n) is 1.99. The van der Waals surface area contributed by atoms with Crippen molar-refractivity contribution in [1.29, 1.82) is 0 Å². The van der Waals surface area contributed by atoms with E-state index >= 15 is 0 Å². The lowest BCUT2D eigenvalue weighted by Crippen LogP contribution is -3.00. The van der Waals surface area contributed by atoms with Crippen LogP contribution in [-0.2, 0) is 4.57 Å². The van der Waals surface area contributed by atoms with Gasteiger partial charge in [0.2, 0.25) is 0 Å². The molecule has 0 saturated heterocycles. The number of hydrogen-bond donors (Lipinski definition) is 0. The molecule has 0 spiro atoms. The molecule has 0 aromatic heterocycles. The molecule has 0 saturated carbocycles. The Kier molecular flexibility index (Phi) is 108. The van der Waals surface area contributed by atoms with Crippen molar-refractivity contribution in [3.05, 3.63) is 0 Å². The number of halogens is 3. The Morgan fingerprint density at radius 3 is 1.40 bits per heavy atom. The highest BCUT2D eigenvalue weighted by atomic mass is 35.7. The van der Waals surface area contributed by atoms with Crippen molar-refractivity contribution in [1.82, 2.24) is 0 Å². The second kappa shape index (κ2) is 28.7. The predicted molar refractivity (Wildman–Crippen MR) is 13.5 cm³/mol. The van der Waals surface area contributed by atoms with Gasteiger partial charge in [0.15, 0.2) is 0 Å². The van der Waals surface area contributed by atoms with E-state index in [1.807, 2.05) is 0 Å². The first-order chi connectivity index (χ1) is 1.41. The van der Waals surface area contributed by atoms with Crippen LogP contribution in [0.15, 0.2) is 0 Å². The molecule has 0 aromatic rings. The zero-order valence-corrected chi connectivity index (χ0v) is 3.64. The SMILES string of the molecule is O=PCl.[F-].[F-]. The molecule has 0 aliphatic rings. The van der Waals surface area contributed by atoms with E-state index in [9.17, 15) is 0 Å². The molecule has 34 valence electrons. The maximum absolute atomic E-state index is 8.67. The highest BCUT2D eigenvalue weighted by Crippen LogP contribution is 1.92. The summed E-state index contributed by atoms with van der Waals surface area (Å²) >= 11 is 4.42. The van der Waals surface area contributed by atoms with Gasteiger partial charge in [-0.1, -0.05) is 0 Å². The summed E-state index contributed by atoms with van der Waals surface area (Å²) in [7, 11) is -0.361. The monoisotopic (exact) mass is 120 g/mol. The first-order valence-corrected chi connectivity index (χ1v) is 2.07. The van der Waals surface area contributed by atoms with Crippen molar-refractivity contribution in [3.63, 3.8) is 0 Å². The summed E-state index contributed by atoms with van der Waals surface area (Å²) in [6.07, 6.45) is 0. The molecule has 0 aromatic carbocycles. The Labute approximate surface area is 34.0 Å². The maximum Gasteiger partial charge on any atom is 0.267 e. The van der Waals surface area contributed by atoms with Crippen LogP contribution in [-0.4, -0.2) is 0 Å². The zero-order chi connectivity index (χ0) is 2.71. The Morgan fingerprint density at radius 2 is 1.40 bits per heavy atom. The van der Waals surface area contributed by atoms with Crippen molar-refractivity contribution >= 4 is 19.1 Å². The molecule has 0 radical (unpaired) electrons. The molecule has 1 nitrogen and oxygen atoms in total. The fourth-order valence-corrected chi connectivity index (χ4v) is 0. The van der Waals surface area contributed by atoms with Gasteiger partial charge in [0.1, 0.15) is 0 Å². The minimum atomic E-state index is -0.361. The highest BCUT2D eigenvalue weighted by Gasteiger charge is 1.33. The lowest BCUT2D eigenvalue weighted by molar-refractivity contribution is -0.00100. The summed E-state index contributed by atoms with van der Waals surface area (Å²) in [5.74, 6) is 0. The number of rotatable bonds is 0. The summed E-state index contributed by atoms with van der Waals surface area (Å²) in [4.78, 5) is 0. The molecule has 0 amide bonds. The quantitative estimate of drug-likeness (QED) is 0.294. The smallest absolute Gasteiger partial charge is 0.267 e. The van der Waals surface area contributed by atoms with Crippen LogP contribution < -0.4 is 9.41 Å². The Hall–Kier alpha value is 0.250. The third-order valence-electron chi connectivity index (χ3n) is 0. The van der Waals surface area contributed by atoms with Crippen molar-refractivity contribution in [3.8, 4) is 0 Å². The molecule has 5 heteroatoms. The topological polar surface area (TPSA) is 17.1 Å². The van der Waals surface area contributed by atoms with Gasteiger partial charge < -0.3 is 9.41 Å². The summed E-state index contributed by atoms with van der Waals surface area (Å²) in [5.41, 5.74) is 0. The van der Waals surface area contributed by atoms with Gasteiger partial charge >= 0.3 is 0 Å². The van der Waals surface area contributed by atoms with E-state index in [-0.39, 0.29) is 17.2 Å². The largest absolute Gasteiger partial charge is 1.00 e. The maximum atomic E-state index is 8.67. The van der Waals surface area contributed by atoms with E-state index in [2.05, 4.69) is 11.2 Å². The van der Waals surface area contributed by atoms with E-state index in [1.54, 1.807) is 0 Å². The summed E-state index contributed by atoms with van der Waals surface area (Å²) in [5, 5.41) is 0. The Bertz CT molecular complexity index is 17.1. The summed E-state index contributed by atoms with van der Waals surface area (Å²) < 4.78 is 8.67. The minimum absolute atomic E-state index is 0. The molecular weight excluding hydrogens is 120 g/mol. The molecular formula is ClF2OP-2. The van der Waals surface area contributed by atoms with Crippen LogP contribution in [0.5, 0.6) is 0 Å². The van der Waals surface area contributed by atoms with Crippen LogP contribution in [0.1, 0.15) is 0 Å². The van der Waals surface area contributed by atoms with Crippen LogP contribution in [0.2, 0.25) is 0 Å². The van der Waals surface area contributed by atoms with Gasteiger partial charge in [-0.25, -0.2) is 0 Å². The molecule has 0 heterocycles. The first kappa shape index (κ1) is 18.7. The molecule has 0 atom stereocenters. The van der Waals surface area contributed by atoms with Gasteiger partial charge in [-0.2, -0.15) is 0 Å². The van der Waals surface area contributed by atoms with Gasteiger partial charge in [0.25, 0.3) is 7.81 Å². The van der Waals surface area contributed by atoms with Gasteiger partial charge in [0, 0.05) is 0 Å². The van der Waals surface area contributed by atoms with Crippen LogP contribution in [0, 0.1) is 0 Å². The van der Waals surface area contributed by atoms with E-state index in [0.29, 0.717) is 0 Å². The van der Waals surface area contributed by atoms with Gasteiger partial charge in [0.05, 0.1) is 0 Å². The van der Waals surface area contributed by atoms with Gasteiger partial charge in [-0.3, -0.25) is 4.57 Å². The molecule has 0 rings (SSSR count). The second-order valence-corrected chi connectivity index (χ2v) is 0.621. The van der Waals surface area contributed by atoms with Crippen molar-refractivity contribution in [2.24, 2.45) is 0 Å². The third-order valence-corrected chi connectivity index (χ3v) is 0. The Balaban J connectivity index is -0.0000000200. The fraction of sp³-hybridized carbons (Fsp3) is 0. The van der Waals surface area contributed by atoms with Crippen molar-refractivity contribution in [2.45, 2.75) is 0 Å². The highest BCUT2D eigenvalue weighted by molar-refractivity contribution is 7.57. The predicted octanol–water partition coefficient (Wildman–Crippen LogP) is -4.56. The standard InChI is InChI=1S/ClOP.2FH/c1-3-2;;/h;2*1H/p-2. The lowest BCUT2D eigenvalue weighted by atomic mass is 16.0. The van der Waals surface area contributed by atoms with Gasteiger partial charge in [-0.15, -0.1) is 0 Å². The lowest BCUT2D eigenvalue weighted by Gasteiger charge is -1.16. The van der Waals surface area contributed by atoms with E-state index in [1.165, 1.54) is 0 Å². The molecule has 0 N–H and O–H groups in total. The number of hydrogen-bond acceptors (Lipinski definition) is 1. The normalized spacial score (nSPS) is 4.20. The van der Waals surface area contributed by atoms with E-state index in [0.717, 1.165) is 0 Å². The molecule has 0 aliphatic carbocycles. The molecule has 0 fully saturated rings. The van der Waals surface area contributed by atoms with E-state index < -0.39 is 0 Å². The van der Waals surface area contributed by atoms with Crippen molar-refractivity contribution in [2.75, 3.05) is 0 Å². The van der Waals surface area contributed by atoms with Crippen molar-refractivity contribution < 1.29 is 14.0 Å². The minimum Gasteiger partial charge on any atom is -1.00 e. The van der Waals surface area contributed by atoms with Crippen LogP contribution >= 0.6 is 19.1 Å².